The second kappa shape index (κ2) is 8.62. The molecule has 1 saturated carbocycles. The molecule has 2 aromatic heterocycles. The Bertz CT molecular complexity index is 957. The first-order valence-electron chi connectivity index (χ1n) is 9.84. The summed E-state index contributed by atoms with van der Waals surface area (Å²) in [5.74, 6) is 1.70. The highest BCUT2D eigenvalue weighted by atomic mass is 32.2. The van der Waals surface area contributed by atoms with Gasteiger partial charge in [-0.25, -0.2) is 9.97 Å². The molecule has 3 aromatic rings. The highest BCUT2D eigenvalue weighted by molar-refractivity contribution is 8.00. The van der Waals surface area contributed by atoms with Gasteiger partial charge in [0, 0.05) is 16.3 Å². The van der Waals surface area contributed by atoms with E-state index in [-0.39, 0.29) is 5.91 Å². The van der Waals surface area contributed by atoms with Crippen molar-refractivity contribution in [1.82, 2.24) is 15.3 Å². The average molecular weight is 412 g/mol. The van der Waals surface area contributed by atoms with Crippen LogP contribution in [0.1, 0.15) is 33.1 Å². The van der Waals surface area contributed by atoms with Crippen molar-refractivity contribution >= 4 is 39.2 Å². The summed E-state index contributed by atoms with van der Waals surface area (Å²) in [6, 6.07) is 12.7. The van der Waals surface area contributed by atoms with Crippen LogP contribution in [0.25, 0.3) is 20.7 Å². The number of amides is 1. The van der Waals surface area contributed by atoms with E-state index in [0.717, 1.165) is 21.7 Å². The van der Waals surface area contributed by atoms with Crippen molar-refractivity contribution in [2.24, 2.45) is 11.8 Å². The van der Waals surface area contributed by atoms with Crippen molar-refractivity contribution < 1.29 is 4.79 Å². The number of thioether (sulfide) groups is 1. The molecule has 0 spiro atoms. The Hall–Kier alpha value is -1.92. The van der Waals surface area contributed by atoms with Gasteiger partial charge in [0.25, 0.3) is 0 Å². The van der Waals surface area contributed by atoms with Crippen LogP contribution in [-0.4, -0.2) is 27.7 Å². The van der Waals surface area contributed by atoms with E-state index in [2.05, 4.69) is 47.3 Å². The first kappa shape index (κ1) is 19.4. The van der Waals surface area contributed by atoms with Gasteiger partial charge in [-0.05, 0) is 29.9 Å². The lowest BCUT2D eigenvalue weighted by molar-refractivity contribution is -0.119. The van der Waals surface area contributed by atoms with Crippen LogP contribution in [-0.2, 0) is 4.79 Å². The Labute approximate surface area is 174 Å². The molecule has 6 heteroatoms. The minimum atomic E-state index is 0.0984. The highest BCUT2D eigenvalue weighted by Gasteiger charge is 2.28. The van der Waals surface area contributed by atoms with Crippen molar-refractivity contribution in [3.05, 3.63) is 42.7 Å². The molecule has 28 heavy (non-hydrogen) atoms. The molecule has 1 aromatic carbocycles. The monoisotopic (exact) mass is 411 g/mol. The smallest absolute Gasteiger partial charge is 0.230 e. The van der Waals surface area contributed by atoms with Crippen molar-refractivity contribution in [2.45, 2.75) is 44.2 Å². The van der Waals surface area contributed by atoms with E-state index in [9.17, 15) is 4.79 Å². The lowest BCUT2D eigenvalue weighted by Crippen LogP contribution is -2.44. The average Bonchev–Trinajstić information content (AvgIpc) is 3.15. The molecule has 0 saturated heterocycles. The zero-order chi connectivity index (χ0) is 19.5. The number of aromatic nitrogens is 2. The van der Waals surface area contributed by atoms with Crippen LogP contribution in [0.2, 0.25) is 0 Å². The van der Waals surface area contributed by atoms with Gasteiger partial charge in [-0.15, -0.1) is 11.3 Å². The number of nitrogens with zero attached hydrogens (tertiary/aromatic N) is 2. The van der Waals surface area contributed by atoms with E-state index in [1.165, 1.54) is 35.0 Å². The maximum atomic E-state index is 12.5. The minimum absolute atomic E-state index is 0.0984. The zero-order valence-electron chi connectivity index (χ0n) is 16.2. The molecule has 1 fully saturated rings. The summed E-state index contributed by atoms with van der Waals surface area (Å²) in [5, 5.41) is 5.16. The van der Waals surface area contributed by atoms with Gasteiger partial charge in [0.15, 0.2) is 0 Å². The topological polar surface area (TPSA) is 54.9 Å². The second-order valence-corrected chi connectivity index (χ2v) is 9.60. The molecule has 1 aliphatic rings. The molecule has 2 heterocycles. The van der Waals surface area contributed by atoms with Crippen LogP contribution < -0.4 is 5.32 Å². The quantitative estimate of drug-likeness (QED) is 0.452. The standard InChI is InChI=1S/C22H25N3OS2/c1-14-7-6-10-18(15(14)2)25-20(26)12-27-21-17-11-19(16-8-4-3-5-9-16)28-22(17)24-13-23-21/h3-5,8-9,11,13-15,18H,6-7,10,12H2,1-2H3,(H,25,26)/t14-,15-,18-/m1/s1. The predicted molar refractivity (Wildman–Crippen MR) is 118 cm³/mol. The van der Waals surface area contributed by atoms with Gasteiger partial charge in [-0.1, -0.05) is 68.8 Å². The van der Waals surface area contributed by atoms with E-state index >= 15 is 0 Å². The fourth-order valence-electron chi connectivity index (χ4n) is 3.86. The molecule has 0 unspecified atom stereocenters. The van der Waals surface area contributed by atoms with Crippen molar-refractivity contribution in [3.8, 4) is 10.4 Å². The fourth-order valence-corrected chi connectivity index (χ4v) is 5.71. The summed E-state index contributed by atoms with van der Waals surface area (Å²) < 4.78 is 0. The molecular formula is C22H25N3OS2. The van der Waals surface area contributed by atoms with Crippen molar-refractivity contribution in [3.63, 3.8) is 0 Å². The fraction of sp³-hybridized carbons (Fsp3) is 0.409. The Morgan fingerprint density at radius 1 is 1.21 bits per heavy atom. The lowest BCUT2D eigenvalue weighted by Gasteiger charge is -2.34. The Morgan fingerprint density at radius 2 is 2.04 bits per heavy atom. The maximum Gasteiger partial charge on any atom is 0.230 e. The molecule has 4 nitrogen and oxygen atoms in total. The molecule has 4 rings (SSSR count). The molecule has 1 aliphatic carbocycles. The number of rotatable bonds is 5. The van der Waals surface area contributed by atoms with Crippen LogP contribution in [0.3, 0.4) is 0 Å². The van der Waals surface area contributed by atoms with E-state index < -0.39 is 0 Å². The van der Waals surface area contributed by atoms with Gasteiger partial charge in [0.05, 0.1) is 5.75 Å². The number of thiophene rings is 1. The normalized spacial score (nSPS) is 22.3. The second-order valence-electron chi connectivity index (χ2n) is 7.60. The number of hydrogen-bond donors (Lipinski definition) is 1. The Balaban J connectivity index is 1.44. The summed E-state index contributed by atoms with van der Waals surface area (Å²) in [4.78, 5) is 23.5. The summed E-state index contributed by atoms with van der Waals surface area (Å²) in [6.07, 6.45) is 5.15. The third kappa shape index (κ3) is 4.23. The first-order valence-corrected chi connectivity index (χ1v) is 11.6. The van der Waals surface area contributed by atoms with E-state index in [4.69, 9.17) is 0 Å². The van der Waals surface area contributed by atoms with E-state index in [1.54, 1.807) is 17.7 Å². The molecule has 0 bridgehead atoms. The summed E-state index contributed by atoms with van der Waals surface area (Å²) in [6.45, 7) is 4.54. The number of carbonyl (C=O) groups is 1. The van der Waals surface area contributed by atoms with Gasteiger partial charge in [0.2, 0.25) is 5.91 Å². The lowest BCUT2D eigenvalue weighted by atomic mass is 9.78. The van der Waals surface area contributed by atoms with Gasteiger partial charge in [-0.3, -0.25) is 4.79 Å². The molecule has 146 valence electrons. The van der Waals surface area contributed by atoms with Crippen LogP contribution in [0.15, 0.2) is 47.8 Å². The van der Waals surface area contributed by atoms with Gasteiger partial charge < -0.3 is 5.32 Å². The number of hydrogen-bond acceptors (Lipinski definition) is 5. The zero-order valence-corrected chi connectivity index (χ0v) is 17.9. The Kier molecular flexibility index (Phi) is 5.97. The molecular weight excluding hydrogens is 386 g/mol. The highest BCUT2D eigenvalue weighted by Crippen LogP contribution is 2.36. The summed E-state index contributed by atoms with van der Waals surface area (Å²) in [7, 11) is 0. The van der Waals surface area contributed by atoms with Crippen LogP contribution in [0.5, 0.6) is 0 Å². The molecule has 0 aliphatic heterocycles. The SMILES string of the molecule is C[C@@H]1[C@H](C)CCC[C@H]1NC(=O)CSc1ncnc2sc(-c3ccccc3)cc12. The maximum absolute atomic E-state index is 12.5. The van der Waals surface area contributed by atoms with Crippen LogP contribution >= 0.6 is 23.1 Å². The predicted octanol–water partition coefficient (Wildman–Crippen LogP) is 5.39. The summed E-state index contributed by atoms with van der Waals surface area (Å²) >= 11 is 3.16. The van der Waals surface area contributed by atoms with Crippen molar-refractivity contribution in [1.29, 1.82) is 0 Å². The van der Waals surface area contributed by atoms with E-state index in [1.807, 2.05) is 18.2 Å². The largest absolute Gasteiger partial charge is 0.352 e. The van der Waals surface area contributed by atoms with Crippen LogP contribution in [0.4, 0.5) is 0 Å². The van der Waals surface area contributed by atoms with Gasteiger partial charge in [-0.2, -0.15) is 0 Å². The third-order valence-electron chi connectivity index (χ3n) is 5.74. The van der Waals surface area contributed by atoms with Gasteiger partial charge in [0.1, 0.15) is 16.2 Å². The number of fused-ring (bicyclic) bond motifs is 1. The molecule has 1 N–H and O–H groups in total. The number of benzene rings is 1. The number of nitrogens with one attached hydrogen (secondary N) is 1. The molecule has 1 amide bonds. The van der Waals surface area contributed by atoms with Gasteiger partial charge >= 0.3 is 0 Å². The molecule has 0 radical (unpaired) electrons. The minimum Gasteiger partial charge on any atom is -0.352 e. The van der Waals surface area contributed by atoms with E-state index in [0.29, 0.717) is 23.6 Å². The molecule has 3 atom stereocenters. The third-order valence-corrected chi connectivity index (χ3v) is 7.84. The van der Waals surface area contributed by atoms with Crippen molar-refractivity contribution in [2.75, 3.05) is 5.75 Å². The van der Waals surface area contributed by atoms with Crippen LogP contribution in [0, 0.1) is 11.8 Å². The first-order chi connectivity index (χ1) is 13.6. The number of carbonyl (C=O) groups excluding carboxylic acids is 1. The Morgan fingerprint density at radius 3 is 2.86 bits per heavy atom. The summed E-state index contributed by atoms with van der Waals surface area (Å²) in [5.41, 5.74) is 1.18.